The predicted octanol–water partition coefficient (Wildman–Crippen LogP) is 3.21. The number of piperidine rings is 2. The summed E-state index contributed by atoms with van der Waals surface area (Å²) in [5, 5.41) is 45.4. The van der Waals surface area contributed by atoms with Crippen molar-refractivity contribution in [2.75, 3.05) is 20.1 Å². The summed E-state index contributed by atoms with van der Waals surface area (Å²) in [4.78, 5) is 2.47. The quantitative estimate of drug-likeness (QED) is 0.300. The van der Waals surface area contributed by atoms with Crippen LogP contribution in [-0.4, -0.2) is 82.0 Å². The van der Waals surface area contributed by atoms with Crippen LogP contribution in [-0.2, 0) is 16.6 Å². The number of rotatable bonds is 0. The lowest BCUT2D eigenvalue weighted by Gasteiger charge is -2.57. The average molecular weight is 575 g/mol. The van der Waals surface area contributed by atoms with E-state index in [2.05, 4.69) is 30.3 Å². The third kappa shape index (κ3) is 2.98. The molecule has 4 fully saturated rings. The van der Waals surface area contributed by atoms with Gasteiger partial charge in [0.25, 0.3) is 0 Å². The maximum Gasteiger partial charge on any atom is 0.165 e. The average Bonchev–Trinajstić information content (AvgIpc) is 3.51. The Morgan fingerprint density at radius 2 is 1.86 bits per heavy atom. The van der Waals surface area contributed by atoms with Crippen LogP contribution in [0, 0.1) is 23.2 Å². The van der Waals surface area contributed by atoms with E-state index < -0.39 is 12.2 Å². The molecule has 5 N–H and O–H groups in total. The number of aliphatic hydroxyl groups is 3. The highest BCUT2D eigenvalue weighted by molar-refractivity contribution is 5.61. The van der Waals surface area contributed by atoms with Gasteiger partial charge in [0, 0.05) is 46.4 Å². The van der Waals surface area contributed by atoms with E-state index in [1.165, 1.54) is 22.3 Å². The lowest BCUT2D eigenvalue weighted by atomic mass is 9.50. The number of likely N-dealkylation sites (tertiary alicyclic amines) is 1. The lowest BCUT2D eigenvalue weighted by molar-refractivity contribution is -0.103. The maximum absolute atomic E-state index is 10.7. The van der Waals surface area contributed by atoms with Crippen LogP contribution in [0.25, 0.3) is 0 Å². The minimum absolute atomic E-state index is 0.0938. The second-order valence-corrected chi connectivity index (χ2v) is 14.6. The fraction of sp³-hybridized carbons (Fsp3) is 0.647. The van der Waals surface area contributed by atoms with E-state index in [-0.39, 0.29) is 34.7 Å². The highest BCUT2D eigenvalue weighted by Gasteiger charge is 2.67. The van der Waals surface area contributed by atoms with Crippen molar-refractivity contribution in [1.29, 1.82) is 0 Å². The second kappa shape index (κ2) is 8.56. The molecule has 4 heterocycles. The van der Waals surface area contributed by atoms with Crippen molar-refractivity contribution in [3.8, 4) is 11.5 Å². The molecule has 1 unspecified atom stereocenters. The Kier molecular flexibility index (Phi) is 5.28. The Hall–Kier alpha value is -2.52. The third-order valence-corrected chi connectivity index (χ3v) is 13.0. The van der Waals surface area contributed by atoms with Crippen LogP contribution in [0.2, 0.25) is 0 Å². The Balaban J connectivity index is 0.000000119. The number of ether oxygens (including phenoxy) is 2. The Labute approximate surface area is 246 Å². The van der Waals surface area contributed by atoms with Crippen LogP contribution in [0.1, 0.15) is 56.6 Å². The molecule has 4 aliphatic heterocycles. The number of phenolic OH excluding ortho intramolecular Hbond substituents is 1. The first-order chi connectivity index (χ1) is 20.3. The summed E-state index contributed by atoms with van der Waals surface area (Å²) >= 11 is 0. The van der Waals surface area contributed by atoms with Gasteiger partial charge in [-0.05, 0) is 82.1 Å². The van der Waals surface area contributed by atoms with Gasteiger partial charge in [0.1, 0.15) is 24.1 Å². The predicted molar refractivity (Wildman–Crippen MR) is 155 cm³/mol. The van der Waals surface area contributed by atoms with Crippen molar-refractivity contribution >= 4 is 0 Å². The Morgan fingerprint density at radius 3 is 2.71 bits per heavy atom. The van der Waals surface area contributed by atoms with Gasteiger partial charge < -0.3 is 40.1 Å². The molecule has 1 aromatic carbocycles. The molecule has 0 radical (unpaired) electrons. The van der Waals surface area contributed by atoms with Crippen LogP contribution in [0.15, 0.2) is 46.9 Å². The molecule has 9 aliphatic rings. The fourth-order valence-electron chi connectivity index (χ4n) is 11.2. The number of aromatic hydroxyl groups is 1. The largest absolute Gasteiger partial charge is 0.508 e. The van der Waals surface area contributed by atoms with E-state index in [4.69, 9.17) is 9.47 Å². The lowest BCUT2D eigenvalue weighted by Crippen LogP contribution is -2.67. The minimum atomic E-state index is -0.567. The number of aliphatic hydroxyl groups excluding tert-OH is 3. The molecule has 1 saturated carbocycles. The van der Waals surface area contributed by atoms with E-state index >= 15 is 0 Å². The summed E-state index contributed by atoms with van der Waals surface area (Å²) in [6.07, 6.45) is 9.43. The zero-order chi connectivity index (χ0) is 28.7. The normalized spacial score (nSPS) is 46.7. The monoisotopic (exact) mass is 574 g/mol. The van der Waals surface area contributed by atoms with E-state index in [1.807, 2.05) is 12.1 Å². The number of hydrogen-bond acceptors (Lipinski definition) is 8. The topological polar surface area (TPSA) is 115 Å². The standard InChI is InChI=1S/2C17H21NO3/c1-18-7-6-17-10-3-5-13(20)16(17)21-15-12(19)4-2-9(14(15)17)8-11(10)18;1-8-6-10-11-7-9-2-3-12(19)15-13(9)17(10,4-5-18-11)16(21-15)14(8)20/h3,5,10-11,13,16,19-20H,2,4,6-8H2,1H3;2-3,8,10-11,14,16,18-20H,4-7H2,1H3/t10-,11+,13-,16-,17-;8?,10-,11+,14-,16-,17-/m00/s1. The maximum atomic E-state index is 10.7. The van der Waals surface area contributed by atoms with E-state index in [0.29, 0.717) is 47.6 Å². The number of benzene rings is 1. The van der Waals surface area contributed by atoms with E-state index in [9.17, 15) is 20.4 Å². The molecule has 0 amide bonds. The van der Waals surface area contributed by atoms with E-state index in [0.717, 1.165) is 51.6 Å². The van der Waals surface area contributed by atoms with Crippen LogP contribution in [0.4, 0.5) is 0 Å². The summed E-state index contributed by atoms with van der Waals surface area (Å²) < 4.78 is 12.3. The van der Waals surface area contributed by atoms with Crippen molar-refractivity contribution in [3.63, 3.8) is 0 Å². The number of phenols is 1. The van der Waals surface area contributed by atoms with Gasteiger partial charge in [0.2, 0.25) is 0 Å². The molecule has 4 bridgehead atoms. The fourth-order valence-corrected chi connectivity index (χ4v) is 11.2. The molecular weight excluding hydrogens is 532 g/mol. The smallest absolute Gasteiger partial charge is 0.165 e. The van der Waals surface area contributed by atoms with Gasteiger partial charge in [-0.3, -0.25) is 0 Å². The molecule has 11 atom stereocenters. The summed E-state index contributed by atoms with van der Waals surface area (Å²) in [6, 6.07) is 4.77. The first-order valence-electron chi connectivity index (χ1n) is 16.1. The van der Waals surface area contributed by atoms with Crippen LogP contribution in [0.3, 0.4) is 0 Å². The summed E-state index contributed by atoms with van der Waals surface area (Å²) in [6.45, 7) is 4.12. The van der Waals surface area contributed by atoms with Crippen molar-refractivity contribution in [1.82, 2.24) is 10.2 Å². The summed E-state index contributed by atoms with van der Waals surface area (Å²) in [7, 11) is 2.21. The first-order valence-corrected chi connectivity index (χ1v) is 16.1. The van der Waals surface area contributed by atoms with Crippen molar-refractivity contribution < 1.29 is 29.9 Å². The number of hydrogen-bond donors (Lipinski definition) is 5. The van der Waals surface area contributed by atoms with Crippen LogP contribution >= 0.6 is 0 Å². The number of nitrogens with zero attached hydrogens (tertiary/aromatic N) is 1. The molecule has 0 aromatic heterocycles. The van der Waals surface area contributed by atoms with Crippen molar-refractivity contribution in [3.05, 3.63) is 58.1 Å². The van der Waals surface area contributed by atoms with Gasteiger partial charge in [0.15, 0.2) is 17.3 Å². The first kappa shape index (κ1) is 25.9. The Bertz CT molecular complexity index is 1470. The molecule has 10 rings (SSSR count). The van der Waals surface area contributed by atoms with E-state index in [1.54, 1.807) is 6.07 Å². The molecule has 2 spiro atoms. The molecule has 3 saturated heterocycles. The molecule has 42 heavy (non-hydrogen) atoms. The van der Waals surface area contributed by atoms with Gasteiger partial charge in [-0.15, -0.1) is 0 Å². The molecular formula is C34H42N2O6. The molecule has 8 heteroatoms. The third-order valence-electron chi connectivity index (χ3n) is 13.0. The molecule has 1 aromatic rings. The SMILES string of the molecule is CC1C[C@H]2[C@H]3Cc4ccc(O)c5c4[C@@]2(CCN3)[C@@H](O5)[C@H]1O.CN1CC[C@]23C4=C5CCC(O)=C4O[C@H]2[C@@H](O)C=C[C@H]3[C@H]1C5. The minimum Gasteiger partial charge on any atom is -0.508 e. The zero-order valence-corrected chi connectivity index (χ0v) is 24.4. The van der Waals surface area contributed by atoms with Gasteiger partial charge >= 0.3 is 0 Å². The van der Waals surface area contributed by atoms with Gasteiger partial charge in [-0.25, -0.2) is 0 Å². The molecule has 5 aliphatic carbocycles. The van der Waals surface area contributed by atoms with Gasteiger partial charge in [-0.2, -0.15) is 0 Å². The van der Waals surface area contributed by atoms with Gasteiger partial charge in [-0.1, -0.05) is 30.7 Å². The molecule has 224 valence electrons. The molecule has 8 nitrogen and oxygen atoms in total. The van der Waals surface area contributed by atoms with Crippen LogP contribution in [0.5, 0.6) is 11.5 Å². The Morgan fingerprint density at radius 1 is 1.00 bits per heavy atom. The van der Waals surface area contributed by atoms with Crippen molar-refractivity contribution in [2.45, 2.75) is 93.8 Å². The van der Waals surface area contributed by atoms with Gasteiger partial charge in [0.05, 0.1) is 6.10 Å². The second-order valence-electron chi connectivity index (χ2n) is 14.6. The van der Waals surface area contributed by atoms with Crippen molar-refractivity contribution in [2.24, 2.45) is 23.2 Å². The summed E-state index contributed by atoms with van der Waals surface area (Å²) in [5.74, 6) is 3.12. The number of allylic oxidation sites excluding steroid dienone is 2. The summed E-state index contributed by atoms with van der Waals surface area (Å²) in [5.41, 5.74) is 5.02. The van der Waals surface area contributed by atoms with Crippen LogP contribution < -0.4 is 10.1 Å². The number of nitrogens with one attached hydrogen (secondary N) is 1. The highest BCUT2D eigenvalue weighted by Crippen LogP contribution is 2.66. The zero-order valence-electron chi connectivity index (χ0n) is 24.4. The highest BCUT2D eigenvalue weighted by atomic mass is 16.5.